The molecule has 1 amide bonds. The van der Waals surface area contributed by atoms with Crippen molar-refractivity contribution in [3.05, 3.63) is 29.8 Å². The highest BCUT2D eigenvalue weighted by Gasteiger charge is 2.53. The van der Waals surface area contributed by atoms with Crippen LogP contribution < -0.4 is 10.8 Å². The first-order valence-electron chi connectivity index (χ1n) is 7.30. The van der Waals surface area contributed by atoms with E-state index in [1.54, 1.807) is 31.3 Å². The van der Waals surface area contributed by atoms with Crippen molar-refractivity contribution in [1.29, 1.82) is 0 Å². The number of amides is 1. The Kier molecular flexibility index (Phi) is 4.67. The number of hydrogen-bond acceptors (Lipinski definition) is 7. The maximum Gasteiger partial charge on any atom is 0.494 e. The average molecular weight is 323 g/mol. The zero-order valence-electron chi connectivity index (χ0n) is 12.5. The van der Waals surface area contributed by atoms with Crippen molar-refractivity contribution in [3.63, 3.8) is 0 Å². The van der Waals surface area contributed by atoms with Gasteiger partial charge in [0, 0.05) is 12.6 Å². The van der Waals surface area contributed by atoms with E-state index in [4.69, 9.17) is 19.2 Å². The molecule has 2 heterocycles. The van der Waals surface area contributed by atoms with Gasteiger partial charge >= 0.3 is 7.12 Å². The summed E-state index contributed by atoms with van der Waals surface area (Å²) in [6.45, 7) is -0.434. The Morgan fingerprint density at radius 1 is 1.22 bits per heavy atom. The Balaban J connectivity index is 1.75. The molecule has 4 N–H and O–H groups in total. The second-order valence-electron chi connectivity index (χ2n) is 5.47. The number of fused-ring (bicyclic) bond motifs is 1. The molecule has 2 aliphatic rings. The maximum atomic E-state index is 11.5. The molecule has 1 aromatic carbocycles. The van der Waals surface area contributed by atoms with Crippen LogP contribution in [-0.4, -0.2) is 72.7 Å². The number of aliphatic hydroxyl groups is 3. The number of hydrogen-bond donors (Lipinski definition) is 4. The lowest BCUT2D eigenvalue weighted by Gasteiger charge is -2.37. The molecule has 9 heteroatoms. The summed E-state index contributed by atoms with van der Waals surface area (Å²) in [7, 11) is 0.749. The number of aliphatic hydroxyl groups excluding tert-OH is 3. The maximum absolute atomic E-state index is 11.5. The molecule has 1 aromatic rings. The summed E-state index contributed by atoms with van der Waals surface area (Å²) < 4.78 is 16.4. The predicted octanol–water partition coefficient (Wildman–Crippen LogP) is -2.40. The van der Waals surface area contributed by atoms with Crippen LogP contribution in [0.1, 0.15) is 10.4 Å². The molecule has 124 valence electrons. The number of carbonyl (C=O) groups excluding carboxylic acids is 1. The molecule has 5 unspecified atom stereocenters. The van der Waals surface area contributed by atoms with Gasteiger partial charge in [-0.05, 0) is 17.6 Å². The molecule has 0 spiro atoms. The third-order valence-corrected chi connectivity index (χ3v) is 4.05. The molecule has 23 heavy (non-hydrogen) atoms. The largest absolute Gasteiger partial charge is 0.494 e. The molecule has 0 aromatic heterocycles. The van der Waals surface area contributed by atoms with Gasteiger partial charge in [-0.1, -0.05) is 12.1 Å². The van der Waals surface area contributed by atoms with Gasteiger partial charge in [0.2, 0.25) is 0 Å². The fourth-order valence-electron chi connectivity index (χ4n) is 2.77. The standard InChI is InChI=1S/C14H18BNO7/c1-16-13(19)7-2-4-8(5-3-7)15-22-11-10(18)9(6-17)21-14(20)12(11)23-15/h2-5,9-12,14,17-18,20H,6H2,1H3,(H,16,19). The molecule has 2 saturated heterocycles. The van der Waals surface area contributed by atoms with Crippen molar-refractivity contribution in [2.45, 2.75) is 30.7 Å². The van der Waals surface area contributed by atoms with Gasteiger partial charge < -0.3 is 34.7 Å². The Morgan fingerprint density at radius 3 is 2.48 bits per heavy atom. The fraction of sp³-hybridized carbons (Fsp3) is 0.500. The van der Waals surface area contributed by atoms with Crippen molar-refractivity contribution in [3.8, 4) is 0 Å². The molecule has 3 rings (SSSR count). The summed E-state index contributed by atoms with van der Waals surface area (Å²) in [5, 5.41) is 31.7. The van der Waals surface area contributed by atoms with Gasteiger partial charge in [-0.2, -0.15) is 0 Å². The number of carbonyl (C=O) groups is 1. The van der Waals surface area contributed by atoms with E-state index >= 15 is 0 Å². The van der Waals surface area contributed by atoms with E-state index < -0.39 is 44.4 Å². The van der Waals surface area contributed by atoms with Crippen LogP contribution in [0.2, 0.25) is 0 Å². The van der Waals surface area contributed by atoms with Crippen LogP contribution in [0.15, 0.2) is 24.3 Å². The van der Waals surface area contributed by atoms with Crippen LogP contribution in [0.4, 0.5) is 0 Å². The smallest absolute Gasteiger partial charge is 0.399 e. The Hall–Kier alpha value is -1.49. The van der Waals surface area contributed by atoms with Crippen molar-refractivity contribution >= 4 is 18.5 Å². The topological polar surface area (TPSA) is 117 Å². The van der Waals surface area contributed by atoms with Crippen molar-refractivity contribution in [1.82, 2.24) is 5.32 Å². The Morgan fingerprint density at radius 2 is 1.87 bits per heavy atom. The van der Waals surface area contributed by atoms with Gasteiger partial charge in [-0.25, -0.2) is 0 Å². The quantitative estimate of drug-likeness (QED) is 0.458. The van der Waals surface area contributed by atoms with Crippen LogP contribution in [0.5, 0.6) is 0 Å². The highest BCUT2D eigenvalue weighted by molar-refractivity contribution is 6.61. The average Bonchev–Trinajstić information content (AvgIpc) is 3.03. The number of benzene rings is 1. The molecule has 5 atom stereocenters. The molecule has 0 saturated carbocycles. The molecule has 0 bridgehead atoms. The fourth-order valence-corrected chi connectivity index (χ4v) is 2.77. The summed E-state index contributed by atoms with van der Waals surface area (Å²) >= 11 is 0. The lowest BCUT2D eigenvalue weighted by molar-refractivity contribution is -0.261. The van der Waals surface area contributed by atoms with Gasteiger partial charge in [-0.15, -0.1) is 0 Å². The van der Waals surface area contributed by atoms with Crippen LogP contribution >= 0.6 is 0 Å². The summed E-state index contributed by atoms with van der Waals surface area (Å²) in [4.78, 5) is 11.5. The monoisotopic (exact) mass is 323 g/mol. The predicted molar refractivity (Wildman–Crippen MR) is 78.9 cm³/mol. The van der Waals surface area contributed by atoms with E-state index in [2.05, 4.69) is 5.32 Å². The second-order valence-corrected chi connectivity index (χ2v) is 5.47. The zero-order valence-corrected chi connectivity index (χ0v) is 12.5. The minimum atomic E-state index is -1.30. The first-order chi connectivity index (χ1) is 11.0. The van der Waals surface area contributed by atoms with Gasteiger partial charge in [0.25, 0.3) is 5.91 Å². The van der Waals surface area contributed by atoms with Gasteiger partial charge in [0.1, 0.15) is 24.4 Å². The molecule has 2 fully saturated rings. The molecule has 0 aliphatic carbocycles. The molecule has 8 nitrogen and oxygen atoms in total. The Bertz CT molecular complexity index is 569. The van der Waals surface area contributed by atoms with E-state index in [0.717, 1.165) is 0 Å². The first-order valence-corrected chi connectivity index (χ1v) is 7.30. The second kappa shape index (κ2) is 6.56. The van der Waals surface area contributed by atoms with Crippen LogP contribution in [0, 0.1) is 0 Å². The lowest BCUT2D eigenvalue weighted by atomic mass is 9.79. The molecule has 0 radical (unpaired) electrons. The molecular weight excluding hydrogens is 305 g/mol. The van der Waals surface area contributed by atoms with Gasteiger partial charge in [-0.3, -0.25) is 4.79 Å². The zero-order chi connectivity index (χ0) is 16.6. The number of ether oxygens (including phenoxy) is 1. The van der Waals surface area contributed by atoms with Gasteiger partial charge in [0.05, 0.1) is 6.61 Å². The van der Waals surface area contributed by atoms with E-state index in [-0.39, 0.29) is 5.91 Å². The number of rotatable bonds is 3. The van der Waals surface area contributed by atoms with Gasteiger partial charge in [0.15, 0.2) is 6.29 Å². The lowest BCUT2D eigenvalue weighted by Crippen LogP contribution is -2.57. The highest BCUT2D eigenvalue weighted by Crippen LogP contribution is 2.30. The third kappa shape index (κ3) is 2.99. The van der Waals surface area contributed by atoms with Crippen molar-refractivity contribution in [2.24, 2.45) is 0 Å². The number of nitrogens with one attached hydrogen (secondary N) is 1. The van der Waals surface area contributed by atoms with Crippen LogP contribution in [-0.2, 0) is 14.0 Å². The first kappa shape index (κ1) is 16.4. The van der Waals surface area contributed by atoms with Crippen LogP contribution in [0.25, 0.3) is 0 Å². The normalized spacial score (nSPS) is 33.4. The summed E-state index contributed by atoms with van der Waals surface area (Å²) in [6, 6.07) is 6.61. The summed E-state index contributed by atoms with van der Waals surface area (Å²) in [6.07, 6.45) is -4.99. The van der Waals surface area contributed by atoms with Crippen molar-refractivity contribution in [2.75, 3.05) is 13.7 Å². The SMILES string of the molecule is CNC(=O)c1ccc(B2OC3C(O)OC(CO)C(O)C3O2)cc1. The minimum absolute atomic E-state index is 0.205. The molecule has 2 aliphatic heterocycles. The van der Waals surface area contributed by atoms with E-state index in [9.17, 15) is 15.0 Å². The van der Waals surface area contributed by atoms with E-state index in [0.29, 0.717) is 11.0 Å². The van der Waals surface area contributed by atoms with Crippen molar-refractivity contribution < 1.29 is 34.2 Å². The third-order valence-electron chi connectivity index (χ3n) is 4.05. The van der Waals surface area contributed by atoms with Crippen LogP contribution in [0.3, 0.4) is 0 Å². The highest BCUT2D eigenvalue weighted by atomic mass is 16.7. The minimum Gasteiger partial charge on any atom is -0.399 e. The van der Waals surface area contributed by atoms with E-state index in [1.807, 2.05) is 0 Å². The Labute approximate surface area is 133 Å². The van der Waals surface area contributed by atoms with E-state index in [1.165, 1.54) is 0 Å². The molecular formula is C14H18BNO7. The summed E-state index contributed by atoms with van der Waals surface area (Å²) in [5.74, 6) is -0.205. The summed E-state index contributed by atoms with van der Waals surface area (Å²) in [5.41, 5.74) is 1.14.